The summed E-state index contributed by atoms with van der Waals surface area (Å²) in [7, 11) is 1.97. The summed E-state index contributed by atoms with van der Waals surface area (Å²) in [5.74, 6) is 0.642. The van der Waals surface area contributed by atoms with Gasteiger partial charge in [0, 0.05) is 0 Å². The summed E-state index contributed by atoms with van der Waals surface area (Å²) in [5, 5.41) is 0. The Morgan fingerprint density at radius 3 is 2.82 bits per heavy atom. The van der Waals surface area contributed by atoms with E-state index < -0.39 is 0 Å². The zero-order valence-electron chi connectivity index (χ0n) is 9.22. The van der Waals surface area contributed by atoms with Crippen LogP contribution in [-0.4, -0.2) is 4.98 Å². The summed E-state index contributed by atoms with van der Waals surface area (Å²) in [6, 6.07) is 9.75. The van der Waals surface area contributed by atoms with Gasteiger partial charge in [-0.1, -0.05) is 12.1 Å². The zero-order chi connectivity index (χ0) is 11.8. The molecule has 0 unspecified atom stereocenters. The van der Waals surface area contributed by atoms with Crippen molar-refractivity contribution in [1.82, 2.24) is 4.98 Å². The van der Waals surface area contributed by atoms with Crippen molar-refractivity contribution in [2.45, 2.75) is 0 Å². The van der Waals surface area contributed by atoms with Crippen molar-refractivity contribution in [2.24, 2.45) is 7.05 Å². The first-order chi connectivity index (χ1) is 8.22. The lowest BCUT2D eigenvalue weighted by molar-refractivity contribution is -0.671. The summed E-state index contributed by atoms with van der Waals surface area (Å²) >= 11 is 3.46. The maximum absolute atomic E-state index is 5.72. The van der Waals surface area contributed by atoms with Gasteiger partial charge in [0.25, 0.3) is 0 Å². The lowest BCUT2D eigenvalue weighted by Gasteiger charge is -1.94. The molecule has 3 nitrogen and oxygen atoms in total. The van der Waals surface area contributed by atoms with Gasteiger partial charge in [-0.15, -0.1) is 0 Å². The molecule has 0 N–H and O–H groups in total. The largest absolute Gasteiger partial charge is 0.436 e. The van der Waals surface area contributed by atoms with E-state index in [-0.39, 0.29) is 0 Å². The van der Waals surface area contributed by atoms with Gasteiger partial charge in [0.2, 0.25) is 5.89 Å². The number of para-hydroxylation sites is 2. The van der Waals surface area contributed by atoms with E-state index in [1.165, 1.54) is 0 Å². The van der Waals surface area contributed by atoms with Gasteiger partial charge in [0.05, 0.1) is 4.47 Å². The second-order valence-electron chi connectivity index (χ2n) is 3.89. The number of aryl methyl sites for hydroxylation is 1. The van der Waals surface area contributed by atoms with Gasteiger partial charge in [-0.2, -0.15) is 0 Å². The van der Waals surface area contributed by atoms with E-state index in [0.29, 0.717) is 5.89 Å². The predicted octanol–water partition coefficient (Wildman–Crippen LogP) is 3.08. The number of hydrogen-bond acceptors (Lipinski definition) is 2. The fourth-order valence-electron chi connectivity index (χ4n) is 1.79. The molecule has 0 fully saturated rings. The van der Waals surface area contributed by atoms with Crippen LogP contribution in [0.2, 0.25) is 0 Å². The molecule has 0 atom stereocenters. The number of aromatic nitrogens is 2. The van der Waals surface area contributed by atoms with E-state index in [1.54, 1.807) is 0 Å². The topological polar surface area (TPSA) is 29.9 Å². The summed E-state index contributed by atoms with van der Waals surface area (Å²) in [5.41, 5.74) is 2.65. The minimum Gasteiger partial charge on any atom is -0.436 e. The summed E-state index contributed by atoms with van der Waals surface area (Å²) in [4.78, 5) is 4.46. The second kappa shape index (κ2) is 3.96. The smallest absolute Gasteiger partial charge is 0.233 e. The van der Waals surface area contributed by atoms with E-state index in [0.717, 1.165) is 21.1 Å². The molecule has 0 saturated carbocycles. The van der Waals surface area contributed by atoms with Crippen LogP contribution in [0.4, 0.5) is 0 Å². The third-order valence-electron chi connectivity index (χ3n) is 2.50. The maximum atomic E-state index is 5.72. The van der Waals surface area contributed by atoms with Crippen molar-refractivity contribution in [2.75, 3.05) is 0 Å². The van der Waals surface area contributed by atoms with Crippen molar-refractivity contribution in [3.8, 4) is 11.5 Å². The molecule has 0 amide bonds. The molecule has 2 aromatic heterocycles. The van der Waals surface area contributed by atoms with Crippen molar-refractivity contribution in [1.29, 1.82) is 0 Å². The van der Waals surface area contributed by atoms with Crippen LogP contribution in [-0.2, 0) is 7.05 Å². The summed E-state index contributed by atoms with van der Waals surface area (Å²) < 4.78 is 8.69. The van der Waals surface area contributed by atoms with Crippen LogP contribution >= 0.6 is 15.9 Å². The number of benzene rings is 1. The molecule has 0 aliphatic heterocycles. The highest BCUT2D eigenvalue weighted by Gasteiger charge is 2.11. The molecule has 0 bridgehead atoms. The van der Waals surface area contributed by atoms with Gasteiger partial charge >= 0.3 is 0 Å². The molecule has 3 aromatic rings. The van der Waals surface area contributed by atoms with Gasteiger partial charge < -0.3 is 4.42 Å². The SMILES string of the molecule is C[n+]1cc(Br)cc(-c2nc3ccccc3o2)c1. The molecule has 0 aliphatic rings. The Balaban J connectivity index is 2.20. The predicted molar refractivity (Wildman–Crippen MR) is 68.3 cm³/mol. The van der Waals surface area contributed by atoms with Crippen LogP contribution in [0.3, 0.4) is 0 Å². The first-order valence-corrected chi connectivity index (χ1v) is 6.03. The monoisotopic (exact) mass is 289 g/mol. The zero-order valence-corrected chi connectivity index (χ0v) is 10.8. The molecule has 17 heavy (non-hydrogen) atoms. The van der Waals surface area contributed by atoms with Crippen LogP contribution in [0.25, 0.3) is 22.6 Å². The molecular weight excluding hydrogens is 280 g/mol. The first kappa shape index (κ1) is 10.5. The Bertz CT molecular complexity index is 637. The quantitative estimate of drug-likeness (QED) is 0.645. The van der Waals surface area contributed by atoms with Gasteiger partial charge in [-0.05, 0) is 34.1 Å². The Kier molecular flexibility index (Phi) is 2.44. The van der Waals surface area contributed by atoms with E-state index in [2.05, 4.69) is 20.9 Å². The number of hydrogen-bond donors (Lipinski definition) is 0. The number of rotatable bonds is 1. The standard InChI is InChI=1S/C13H10BrN2O/c1-16-7-9(6-10(14)8-16)13-15-11-4-2-3-5-12(11)17-13/h2-8H,1H3/q+1. The fourth-order valence-corrected chi connectivity index (χ4v) is 2.36. The Morgan fingerprint density at radius 1 is 1.24 bits per heavy atom. The van der Waals surface area contributed by atoms with Crippen LogP contribution in [0.5, 0.6) is 0 Å². The molecular formula is C13H10BrN2O+. The van der Waals surface area contributed by atoms with Gasteiger partial charge in [-0.3, -0.25) is 0 Å². The summed E-state index contributed by atoms with van der Waals surface area (Å²) in [6.07, 6.45) is 3.96. The number of pyridine rings is 1. The summed E-state index contributed by atoms with van der Waals surface area (Å²) in [6.45, 7) is 0. The highest BCUT2D eigenvalue weighted by molar-refractivity contribution is 9.10. The van der Waals surface area contributed by atoms with Gasteiger partial charge in [0.1, 0.15) is 18.1 Å². The maximum Gasteiger partial charge on any atom is 0.233 e. The third-order valence-corrected chi connectivity index (χ3v) is 2.94. The minimum absolute atomic E-state index is 0.642. The Hall–Kier alpha value is -1.68. The molecule has 0 spiro atoms. The average molecular weight is 290 g/mol. The van der Waals surface area contributed by atoms with E-state index >= 15 is 0 Å². The fraction of sp³-hybridized carbons (Fsp3) is 0.0769. The number of oxazole rings is 1. The highest BCUT2D eigenvalue weighted by Crippen LogP contribution is 2.24. The van der Waals surface area contributed by atoms with Crippen LogP contribution < -0.4 is 4.57 Å². The highest BCUT2D eigenvalue weighted by atomic mass is 79.9. The molecule has 3 rings (SSSR count). The van der Waals surface area contributed by atoms with Crippen molar-refractivity contribution >= 4 is 27.0 Å². The second-order valence-corrected chi connectivity index (χ2v) is 4.81. The Morgan fingerprint density at radius 2 is 2.06 bits per heavy atom. The number of halogens is 1. The number of nitrogens with zero attached hydrogens (tertiary/aromatic N) is 2. The van der Waals surface area contributed by atoms with Crippen molar-refractivity contribution < 1.29 is 8.98 Å². The van der Waals surface area contributed by atoms with E-state index in [1.807, 2.05) is 54.3 Å². The normalized spacial score (nSPS) is 10.9. The van der Waals surface area contributed by atoms with Crippen LogP contribution in [0, 0.1) is 0 Å². The van der Waals surface area contributed by atoms with E-state index in [4.69, 9.17) is 4.42 Å². The van der Waals surface area contributed by atoms with Crippen molar-refractivity contribution in [3.05, 3.63) is 47.2 Å². The Labute approximate surface area is 107 Å². The lowest BCUT2D eigenvalue weighted by Crippen LogP contribution is -2.26. The number of fused-ring (bicyclic) bond motifs is 1. The lowest BCUT2D eigenvalue weighted by atomic mass is 10.3. The van der Waals surface area contributed by atoms with Crippen LogP contribution in [0.15, 0.2) is 51.6 Å². The van der Waals surface area contributed by atoms with E-state index in [9.17, 15) is 0 Å². The van der Waals surface area contributed by atoms with Gasteiger partial charge in [0.15, 0.2) is 18.0 Å². The average Bonchev–Trinajstić information content (AvgIpc) is 2.71. The molecule has 0 saturated heterocycles. The molecule has 0 aliphatic carbocycles. The van der Waals surface area contributed by atoms with Gasteiger partial charge in [-0.25, -0.2) is 9.55 Å². The molecule has 0 radical (unpaired) electrons. The minimum atomic E-state index is 0.642. The molecule has 2 heterocycles. The first-order valence-electron chi connectivity index (χ1n) is 5.24. The third kappa shape index (κ3) is 1.96. The molecule has 4 heteroatoms. The molecule has 1 aromatic carbocycles. The molecule has 84 valence electrons. The van der Waals surface area contributed by atoms with Crippen molar-refractivity contribution in [3.63, 3.8) is 0 Å². The van der Waals surface area contributed by atoms with Crippen LogP contribution in [0.1, 0.15) is 0 Å².